The number of pyridine rings is 2. The lowest BCUT2D eigenvalue weighted by molar-refractivity contribution is 1.29. The maximum absolute atomic E-state index is 5.32. The van der Waals surface area contributed by atoms with Crippen LogP contribution in [0, 0.1) is 0 Å². The van der Waals surface area contributed by atoms with Crippen LogP contribution in [0.3, 0.4) is 0 Å². The van der Waals surface area contributed by atoms with Crippen LogP contribution < -0.4 is 0 Å². The zero-order valence-corrected chi connectivity index (χ0v) is 26.0. The summed E-state index contributed by atoms with van der Waals surface area (Å²) in [5, 5.41) is 2.13. The Morgan fingerprint density at radius 3 is 1.40 bits per heavy atom. The van der Waals surface area contributed by atoms with Crippen molar-refractivity contribution in [3.63, 3.8) is 0 Å². The van der Waals surface area contributed by atoms with Crippen LogP contribution >= 0.6 is 0 Å². The minimum atomic E-state index is 0.854. The van der Waals surface area contributed by atoms with E-state index in [0.717, 1.165) is 89.0 Å². The van der Waals surface area contributed by atoms with Gasteiger partial charge in [-0.05, 0) is 29.8 Å². The van der Waals surface area contributed by atoms with E-state index in [1.807, 2.05) is 60.7 Å². The number of benzene rings is 6. The second-order valence-corrected chi connectivity index (χ2v) is 11.9. The van der Waals surface area contributed by atoms with E-state index in [1.54, 1.807) is 0 Å². The molecule has 9 rings (SSSR count). The van der Waals surface area contributed by atoms with Crippen molar-refractivity contribution >= 4 is 32.8 Å². The Morgan fingerprint density at radius 2 is 0.771 bits per heavy atom. The molecule has 3 heterocycles. The molecule has 0 spiro atoms. The van der Waals surface area contributed by atoms with Gasteiger partial charge in [-0.25, -0.2) is 19.9 Å². The molecular formula is C44H28N4. The normalized spacial score (nSPS) is 11.3. The van der Waals surface area contributed by atoms with Gasteiger partial charge in [0.1, 0.15) is 0 Å². The molecule has 9 aromatic rings. The summed E-state index contributed by atoms with van der Waals surface area (Å²) in [4.78, 5) is 20.8. The number of hydrogen-bond acceptors (Lipinski definition) is 4. The molecule has 48 heavy (non-hydrogen) atoms. The van der Waals surface area contributed by atoms with Crippen LogP contribution in [-0.2, 0) is 0 Å². The topological polar surface area (TPSA) is 51.6 Å². The third kappa shape index (κ3) is 4.97. The van der Waals surface area contributed by atoms with Gasteiger partial charge in [-0.3, -0.25) is 0 Å². The van der Waals surface area contributed by atoms with Crippen molar-refractivity contribution < 1.29 is 0 Å². The summed E-state index contributed by atoms with van der Waals surface area (Å²) >= 11 is 0. The summed E-state index contributed by atoms with van der Waals surface area (Å²) < 4.78 is 0. The molecule has 0 aliphatic rings. The molecule has 0 amide bonds. The molecule has 0 fully saturated rings. The largest absolute Gasteiger partial charge is 0.245 e. The second kappa shape index (κ2) is 11.7. The van der Waals surface area contributed by atoms with E-state index in [-0.39, 0.29) is 0 Å². The molecule has 0 aliphatic carbocycles. The van der Waals surface area contributed by atoms with Crippen LogP contribution in [0.2, 0.25) is 0 Å². The minimum Gasteiger partial charge on any atom is -0.245 e. The monoisotopic (exact) mass is 612 g/mol. The van der Waals surface area contributed by atoms with Gasteiger partial charge in [-0.1, -0.05) is 146 Å². The van der Waals surface area contributed by atoms with E-state index in [9.17, 15) is 0 Å². The summed E-state index contributed by atoms with van der Waals surface area (Å²) in [6.45, 7) is 0. The fraction of sp³-hybridized carbons (Fsp3) is 0. The molecule has 0 bridgehead atoms. The molecule has 0 unspecified atom stereocenters. The first-order valence-corrected chi connectivity index (χ1v) is 16.1. The quantitative estimate of drug-likeness (QED) is 0.181. The summed E-state index contributed by atoms with van der Waals surface area (Å²) in [5.41, 5.74) is 13.4. The maximum Gasteiger partial charge on any atom is 0.0973 e. The number of hydrogen-bond donors (Lipinski definition) is 0. The highest BCUT2D eigenvalue weighted by Crippen LogP contribution is 2.36. The Labute approximate surface area is 278 Å². The third-order valence-corrected chi connectivity index (χ3v) is 8.85. The molecule has 0 radical (unpaired) electrons. The lowest BCUT2D eigenvalue weighted by Crippen LogP contribution is -1.97. The van der Waals surface area contributed by atoms with Gasteiger partial charge in [0.2, 0.25) is 0 Å². The lowest BCUT2D eigenvalue weighted by atomic mass is 9.98. The highest BCUT2D eigenvalue weighted by atomic mass is 14.8. The van der Waals surface area contributed by atoms with E-state index in [2.05, 4.69) is 109 Å². The molecule has 4 heteroatoms. The Kier molecular flexibility index (Phi) is 6.76. The molecule has 3 aromatic heterocycles. The lowest BCUT2D eigenvalue weighted by Gasteiger charge is -2.13. The van der Waals surface area contributed by atoms with E-state index in [1.165, 1.54) is 0 Å². The molecule has 6 aromatic carbocycles. The number of nitrogens with zero attached hydrogens (tertiary/aromatic N) is 4. The Balaban J connectivity index is 1.18. The number of rotatable bonds is 5. The Hall–Kier alpha value is -6.52. The van der Waals surface area contributed by atoms with E-state index in [0.29, 0.717) is 0 Å². The van der Waals surface area contributed by atoms with Gasteiger partial charge in [0.15, 0.2) is 0 Å². The Morgan fingerprint density at radius 1 is 0.292 bits per heavy atom. The van der Waals surface area contributed by atoms with Crippen LogP contribution in [0.25, 0.3) is 89.0 Å². The summed E-state index contributed by atoms with van der Waals surface area (Å²) in [6.07, 6.45) is 0. The fourth-order valence-corrected chi connectivity index (χ4v) is 6.45. The van der Waals surface area contributed by atoms with Gasteiger partial charge in [0.05, 0.1) is 44.8 Å². The summed E-state index contributed by atoms with van der Waals surface area (Å²) in [5.74, 6) is 0. The fourth-order valence-electron chi connectivity index (χ4n) is 6.45. The van der Waals surface area contributed by atoms with Gasteiger partial charge in [0, 0.05) is 38.6 Å². The van der Waals surface area contributed by atoms with Crippen molar-refractivity contribution in [2.24, 2.45) is 0 Å². The van der Waals surface area contributed by atoms with Crippen molar-refractivity contribution in [3.05, 3.63) is 170 Å². The molecule has 224 valence electrons. The predicted octanol–water partition coefficient (Wildman–Crippen LogP) is 11.1. The van der Waals surface area contributed by atoms with Gasteiger partial charge >= 0.3 is 0 Å². The average molecular weight is 613 g/mol. The van der Waals surface area contributed by atoms with Gasteiger partial charge in [-0.15, -0.1) is 0 Å². The van der Waals surface area contributed by atoms with E-state index in [4.69, 9.17) is 19.9 Å². The van der Waals surface area contributed by atoms with Gasteiger partial charge < -0.3 is 0 Å². The van der Waals surface area contributed by atoms with Gasteiger partial charge in [0.25, 0.3) is 0 Å². The highest BCUT2D eigenvalue weighted by Gasteiger charge is 2.16. The minimum absolute atomic E-state index is 0.854. The zero-order valence-electron chi connectivity index (χ0n) is 26.0. The van der Waals surface area contributed by atoms with Crippen molar-refractivity contribution in [2.75, 3.05) is 0 Å². The summed E-state index contributed by atoms with van der Waals surface area (Å²) in [7, 11) is 0. The second-order valence-electron chi connectivity index (χ2n) is 11.9. The van der Waals surface area contributed by atoms with E-state index < -0.39 is 0 Å². The molecular weight excluding hydrogens is 585 g/mol. The molecule has 0 saturated heterocycles. The van der Waals surface area contributed by atoms with Crippen molar-refractivity contribution in [3.8, 4) is 56.2 Å². The molecule has 0 aliphatic heterocycles. The van der Waals surface area contributed by atoms with Crippen LogP contribution in [0.4, 0.5) is 0 Å². The van der Waals surface area contributed by atoms with Crippen LogP contribution in [-0.4, -0.2) is 19.9 Å². The molecule has 0 atom stereocenters. The molecule has 0 N–H and O–H groups in total. The average Bonchev–Trinajstić information content (AvgIpc) is 3.17. The number of aromatic nitrogens is 4. The third-order valence-electron chi connectivity index (χ3n) is 8.85. The molecule has 4 nitrogen and oxygen atoms in total. The van der Waals surface area contributed by atoms with E-state index >= 15 is 0 Å². The van der Waals surface area contributed by atoms with Crippen molar-refractivity contribution in [1.82, 2.24) is 19.9 Å². The SMILES string of the molecule is c1ccc(-c2ccc3ccc4ccc(-c5cccc(-c6cccc7nc(-c8ccccc8)c(-c8ccccc8)nc67)c5)nc4c3n2)cc1. The smallest absolute Gasteiger partial charge is 0.0973 e. The molecule has 0 saturated carbocycles. The number of para-hydroxylation sites is 1. The zero-order chi connectivity index (χ0) is 31.9. The number of fused-ring (bicyclic) bond motifs is 4. The predicted molar refractivity (Wildman–Crippen MR) is 197 cm³/mol. The van der Waals surface area contributed by atoms with Crippen LogP contribution in [0.5, 0.6) is 0 Å². The Bertz CT molecular complexity index is 2600. The standard InChI is InChI=1S/C44H28N4/c1-4-12-29(13-5-1)37-26-24-32-22-23-33-25-27-38(46-42(33)41(32)45-37)35-19-10-18-34(28-35)36-20-11-21-39-44(36)48-43(31-16-8-3-9-17-31)40(47-39)30-14-6-2-7-15-30/h1-28H. The summed E-state index contributed by atoms with van der Waals surface area (Å²) in [6, 6.07) is 58.4. The highest BCUT2D eigenvalue weighted by molar-refractivity contribution is 6.04. The first-order valence-electron chi connectivity index (χ1n) is 16.1. The van der Waals surface area contributed by atoms with Crippen LogP contribution in [0.15, 0.2) is 170 Å². The first kappa shape index (κ1) is 27.8. The van der Waals surface area contributed by atoms with Crippen molar-refractivity contribution in [1.29, 1.82) is 0 Å². The van der Waals surface area contributed by atoms with Crippen molar-refractivity contribution in [2.45, 2.75) is 0 Å². The first-order chi connectivity index (χ1) is 23.8. The van der Waals surface area contributed by atoms with Crippen LogP contribution in [0.1, 0.15) is 0 Å². The maximum atomic E-state index is 5.32. The van der Waals surface area contributed by atoms with Gasteiger partial charge in [-0.2, -0.15) is 0 Å².